The zero-order chi connectivity index (χ0) is 13.8. The Morgan fingerprint density at radius 2 is 1.89 bits per heavy atom. The number of thiazole rings is 1. The number of nitrogens with two attached hydrogens (primary N) is 1. The van der Waals surface area contributed by atoms with Gasteiger partial charge in [0.15, 0.2) is 0 Å². The van der Waals surface area contributed by atoms with E-state index in [-0.39, 0.29) is 6.04 Å². The number of aromatic nitrogens is 1. The van der Waals surface area contributed by atoms with Gasteiger partial charge < -0.3 is 10.5 Å². The first-order valence-corrected chi connectivity index (χ1v) is 7.37. The summed E-state index contributed by atoms with van der Waals surface area (Å²) in [5.41, 5.74) is 7.92. The average Bonchev–Trinajstić information content (AvgIpc) is 2.86. The lowest BCUT2D eigenvalue weighted by Crippen LogP contribution is -2.04. The minimum Gasteiger partial charge on any atom is -0.487 e. The molecule has 2 rings (SSSR count). The van der Waals surface area contributed by atoms with Gasteiger partial charge in [0.25, 0.3) is 0 Å². The van der Waals surface area contributed by atoms with Gasteiger partial charge in [-0.05, 0) is 24.6 Å². The van der Waals surface area contributed by atoms with E-state index in [0.717, 1.165) is 22.0 Å². The minimum absolute atomic E-state index is 0.0567. The third-order valence-electron chi connectivity index (χ3n) is 2.86. The molecule has 0 unspecified atom stereocenters. The molecule has 0 spiro atoms. The Hall–Kier alpha value is -1.39. The van der Waals surface area contributed by atoms with Crippen LogP contribution in [0.25, 0.3) is 0 Å². The van der Waals surface area contributed by atoms with Crippen LogP contribution in [0.5, 0.6) is 5.75 Å². The second-order valence-electron chi connectivity index (χ2n) is 4.98. The molecule has 1 heterocycles. The van der Waals surface area contributed by atoms with Crippen molar-refractivity contribution in [3.05, 3.63) is 45.9 Å². The molecule has 2 aromatic rings. The Morgan fingerprint density at radius 3 is 2.42 bits per heavy atom. The summed E-state index contributed by atoms with van der Waals surface area (Å²) in [6, 6.07) is 7.96. The van der Waals surface area contributed by atoms with E-state index in [4.69, 9.17) is 10.5 Å². The fourth-order valence-electron chi connectivity index (χ4n) is 1.68. The molecule has 3 nitrogen and oxygen atoms in total. The molecule has 1 aromatic heterocycles. The molecule has 0 bridgehead atoms. The number of hydrogen-bond acceptors (Lipinski definition) is 4. The van der Waals surface area contributed by atoms with Gasteiger partial charge in [0, 0.05) is 17.3 Å². The summed E-state index contributed by atoms with van der Waals surface area (Å²) in [4.78, 5) is 4.54. The Morgan fingerprint density at radius 1 is 1.21 bits per heavy atom. The lowest BCUT2D eigenvalue weighted by atomic mass is 10.1. The van der Waals surface area contributed by atoms with Crippen LogP contribution in [0.1, 0.15) is 49.0 Å². The summed E-state index contributed by atoms with van der Waals surface area (Å²) in [5.74, 6) is 1.33. The first-order chi connectivity index (χ1) is 9.06. The second-order valence-corrected chi connectivity index (χ2v) is 5.87. The predicted molar refractivity (Wildman–Crippen MR) is 79.6 cm³/mol. The summed E-state index contributed by atoms with van der Waals surface area (Å²) in [6.45, 7) is 6.78. The van der Waals surface area contributed by atoms with Crippen LogP contribution in [0.2, 0.25) is 0 Å². The van der Waals surface area contributed by atoms with E-state index in [1.54, 1.807) is 11.3 Å². The van der Waals surface area contributed by atoms with Crippen molar-refractivity contribution in [3.63, 3.8) is 0 Å². The molecule has 1 aromatic carbocycles. The van der Waals surface area contributed by atoms with E-state index in [2.05, 4.69) is 24.2 Å². The summed E-state index contributed by atoms with van der Waals surface area (Å²) in [5, 5.41) is 3.22. The highest BCUT2D eigenvalue weighted by Crippen LogP contribution is 2.21. The average molecular weight is 276 g/mol. The van der Waals surface area contributed by atoms with Crippen LogP contribution in [0.15, 0.2) is 29.6 Å². The largest absolute Gasteiger partial charge is 0.487 e. The Kier molecular flexibility index (Phi) is 4.56. The number of rotatable bonds is 5. The van der Waals surface area contributed by atoms with Gasteiger partial charge in [-0.2, -0.15) is 0 Å². The monoisotopic (exact) mass is 276 g/mol. The summed E-state index contributed by atoms with van der Waals surface area (Å²) < 4.78 is 5.72. The van der Waals surface area contributed by atoms with Crippen LogP contribution in [0.3, 0.4) is 0 Å². The number of nitrogens with zero attached hydrogens (tertiary/aromatic N) is 1. The maximum atomic E-state index is 5.81. The first kappa shape index (κ1) is 14.0. The lowest BCUT2D eigenvalue weighted by molar-refractivity contribution is 0.301. The molecule has 0 saturated carbocycles. The highest BCUT2D eigenvalue weighted by atomic mass is 32.1. The first-order valence-electron chi connectivity index (χ1n) is 6.49. The van der Waals surface area contributed by atoms with Crippen molar-refractivity contribution >= 4 is 11.3 Å². The molecular weight excluding hydrogens is 256 g/mol. The van der Waals surface area contributed by atoms with Gasteiger partial charge in [0.2, 0.25) is 0 Å². The number of ether oxygens (including phenoxy) is 1. The smallest absolute Gasteiger partial charge is 0.131 e. The zero-order valence-corrected chi connectivity index (χ0v) is 12.4. The number of hydrogen-bond donors (Lipinski definition) is 1. The van der Waals surface area contributed by atoms with Crippen molar-refractivity contribution in [2.24, 2.45) is 5.73 Å². The van der Waals surface area contributed by atoms with Crippen molar-refractivity contribution in [1.29, 1.82) is 0 Å². The van der Waals surface area contributed by atoms with Crippen molar-refractivity contribution in [3.8, 4) is 5.75 Å². The van der Waals surface area contributed by atoms with Crippen LogP contribution in [0, 0.1) is 0 Å². The molecule has 1 atom stereocenters. The molecule has 19 heavy (non-hydrogen) atoms. The van der Waals surface area contributed by atoms with Crippen LogP contribution in [-0.4, -0.2) is 4.98 Å². The molecule has 0 aliphatic rings. The highest BCUT2D eigenvalue weighted by Gasteiger charge is 2.06. The molecule has 102 valence electrons. The van der Waals surface area contributed by atoms with E-state index < -0.39 is 0 Å². The van der Waals surface area contributed by atoms with Gasteiger partial charge in [-0.25, -0.2) is 4.98 Å². The highest BCUT2D eigenvalue weighted by molar-refractivity contribution is 7.09. The maximum Gasteiger partial charge on any atom is 0.131 e. The van der Waals surface area contributed by atoms with Gasteiger partial charge in [0.1, 0.15) is 12.4 Å². The summed E-state index contributed by atoms with van der Waals surface area (Å²) >= 11 is 1.69. The third-order valence-corrected chi connectivity index (χ3v) is 4.05. The molecule has 0 amide bonds. The van der Waals surface area contributed by atoms with Gasteiger partial charge in [-0.3, -0.25) is 0 Å². The SMILES string of the molecule is CC(C)c1nc(COc2ccc([C@@H](C)N)cc2)cs1. The molecule has 0 radical (unpaired) electrons. The van der Waals surface area contributed by atoms with E-state index in [0.29, 0.717) is 12.5 Å². The Balaban J connectivity index is 1.94. The summed E-state index contributed by atoms with van der Waals surface area (Å²) in [6.07, 6.45) is 0. The zero-order valence-electron chi connectivity index (χ0n) is 11.6. The van der Waals surface area contributed by atoms with Gasteiger partial charge in [0.05, 0.1) is 10.7 Å². The van der Waals surface area contributed by atoms with Crippen LogP contribution in [-0.2, 0) is 6.61 Å². The Labute approximate surface area is 118 Å². The van der Waals surface area contributed by atoms with E-state index in [1.807, 2.05) is 31.2 Å². The molecule has 4 heteroatoms. The van der Waals surface area contributed by atoms with Crippen LogP contribution in [0.4, 0.5) is 0 Å². The molecule has 0 aliphatic heterocycles. The summed E-state index contributed by atoms with van der Waals surface area (Å²) in [7, 11) is 0. The van der Waals surface area contributed by atoms with Crippen LogP contribution < -0.4 is 10.5 Å². The van der Waals surface area contributed by atoms with Crippen molar-refractivity contribution < 1.29 is 4.74 Å². The fraction of sp³-hybridized carbons (Fsp3) is 0.400. The Bertz CT molecular complexity index is 517. The number of benzene rings is 1. The molecular formula is C15H20N2OS. The minimum atomic E-state index is 0.0567. The topological polar surface area (TPSA) is 48.1 Å². The third kappa shape index (κ3) is 3.78. The van der Waals surface area contributed by atoms with Crippen molar-refractivity contribution in [2.75, 3.05) is 0 Å². The maximum absolute atomic E-state index is 5.81. The fourth-order valence-corrected chi connectivity index (χ4v) is 2.50. The standard InChI is InChI=1S/C15H20N2OS/c1-10(2)15-17-13(9-19-15)8-18-14-6-4-12(5-7-14)11(3)16/h4-7,9-11H,8,16H2,1-3H3/t11-/m1/s1. The van der Waals surface area contributed by atoms with E-state index in [1.165, 1.54) is 0 Å². The molecule has 0 saturated heterocycles. The second kappa shape index (κ2) is 6.17. The molecule has 0 aliphatic carbocycles. The lowest BCUT2D eigenvalue weighted by Gasteiger charge is -2.08. The predicted octanol–water partition coefficient (Wildman–Crippen LogP) is 3.87. The van der Waals surface area contributed by atoms with E-state index in [9.17, 15) is 0 Å². The quantitative estimate of drug-likeness (QED) is 0.902. The van der Waals surface area contributed by atoms with E-state index >= 15 is 0 Å². The normalized spacial score (nSPS) is 12.7. The molecule has 2 N–H and O–H groups in total. The molecule has 0 fully saturated rings. The van der Waals surface area contributed by atoms with Gasteiger partial charge >= 0.3 is 0 Å². The van der Waals surface area contributed by atoms with Crippen molar-refractivity contribution in [2.45, 2.75) is 39.3 Å². The van der Waals surface area contributed by atoms with Gasteiger partial charge in [-0.15, -0.1) is 11.3 Å². The van der Waals surface area contributed by atoms with Gasteiger partial charge in [-0.1, -0.05) is 26.0 Å². The van der Waals surface area contributed by atoms with Crippen LogP contribution >= 0.6 is 11.3 Å². The van der Waals surface area contributed by atoms with Crippen molar-refractivity contribution in [1.82, 2.24) is 4.98 Å².